The van der Waals surface area contributed by atoms with Gasteiger partial charge in [-0.1, -0.05) is 17.7 Å². The van der Waals surface area contributed by atoms with E-state index in [2.05, 4.69) is 5.32 Å². The van der Waals surface area contributed by atoms with Crippen LogP contribution in [0.4, 0.5) is 0 Å². The molecular weight excluding hydrogens is 320 g/mol. The van der Waals surface area contributed by atoms with Gasteiger partial charge in [0.25, 0.3) is 5.91 Å². The van der Waals surface area contributed by atoms with E-state index in [-0.39, 0.29) is 0 Å². The molecule has 0 unspecified atom stereocenters. The molecule has 0 saturated carbocycles. The fraction of sp³-hybridized carbons (Fsp3) is 0.250. The zero-order chi connectivity index (χ0) is 16.6. The lowest BCUT2D eigenvalue weighted by atomic mass is 10.0. The SMILES string of the molecule is Cn1cc(Cl)cc1C(=O)N[C@@H](C(=O)O)c1ccc2c(c1)CCO2. The van der Waals surface area contributed by atoms with Crippen LogP contribution in [0.15, 0.2) is 30.5 Å². The van der Waals surface area contributed by atoms with Crippen molar-refractivity contribution in [1.29, 1.82) is 0 Å². The second-order valence-corrected chi connectivity index (χ2v) is 5.80. The smallest absolute Gasteiger partial charge is 0.330 e. The van der Waals surface area contributed by atoms with E-state index in [1.165, 1.54) is 6.07 Å². The first-order valence-electron chi connectivity index (χ1n) is 7.07. The van der Waals surface area contributed by atoms with Crippen molar-refractivity contribution in [2.45, 2.75) is 12.5 Å². The van der Waals surface area contributed by atoms with Gasteiger partial charge in [-0.2, -0.15) is 0 Å². The van der Waals surface area contributed by atoms with Gasteiger partial charge in [-0.3, -0.25) is 4.79 Å². The van der Waals surface area contributed by atoms with Crippen molar-refractivity contribution in [3.05, 3.63) is 52.3 Å². The molecule has 7 heteroatoms. The molecule has 1 aliphatic rings. The van der Waals surface area contributed by atoms with Crippen LogP contribution in [-0.2, 0) is 18.3 Å². The number of carboxylic acid groups (broad SMARTS) is 1. The summed E-state index contributed by atoms with van der Waals surface area (Å²) in [5.74, 6) is -0.862. The normalized spacial score (nSPS) is 14.0. The number of hydrogen-bond donors (Lipinski definition) is 2. The number of benzene rings is 1. The molecule has 0 fully saturated rings. The highest BCUT2D eigenvalue weighted by Crippen LogP contribution is 2.28. The molecule has 2 heterocycles. The van der Waals surface area contributed by atoms with Crippen LogP contribution in [0.5, 0.6) is 5.75 Å². The van der Waals surface area contributed by atoms with Gasteiger partial charge in [-0.15, -0.1) is 0 Å². The minimum absolute atomic E-state index is 0.297. The standard InChI is InChI=1S/C16H15ClN2O4/c1-19-8-11(17)7-12(19)15(20)18-14(16(21)22)10-2-3-13-9(6-10)4-5-23-13/h2-3,6-8,14H,4-5H2,1H3,(H,18,20)(H,21,22)/t14-/m1/s1. The summed E-state index contributed by atoms with van der Waals surface area (Å²) in [6.45, 7) is 0.588. The van der Waals surface area contributed by atoms with E-state index in [4.69, 9.17) is 16.3 Å². The first-order chi connectivity index (χ1) is 11.0. The molecule has 6 nitrogen and oxygen atoms in total. The van der Waals surface area contributed by atoms with E-state index >= 15 is 0 Å². The number of amides is 1. The Morgan fingerprint density at radius 2 is 2.17 bits per heavy atom. The highest BCUT2D eigenvalue weighted by Gasteiger charge is 2.25. The van der Waals surface area contributed by atoms with Crippen molar-refractivity contribution < 1.29 is 19.4 Å². The number of aliphatic carboxylic acids is 1. The van der Waals surface area contributed by atoms with Crippen LogP contribution in [0.3, 0.4) is 0 Å². The Kier molecular flexibility index (Phi) is 4.00. The van der Waals surface area contributed by atoms with Gasteiger partial charge in [0.1, 0.15) is 11.4 Å². The zero-order valence-corrected chi connectivity index (χ0v) is 13.1. The van der Waals surface area contributed by atoms with E-state index < -0.39 is 17.9 Å². The van der Waals surface area contributed by atoms with Gasteiger partial charge < -0.3 is 19.7 Å². The molecule has 2 aromatic rings. The molecule has 0 saturated heterocycles. The van der Waals surface area contributed by atoms with Crippen molar-refractivity contribution in [2.75, 3.05) is 6.61 Å². The molecule has 2 N–H and O–H groups in total. The molecule has 3 rings (SSSR count). The fourth-order valence-electron chi connectivity index (χ4n) is 2.63. The van der Waals surface area contributed by atoms with Gasteiger partial charge in [0.05, 0.1) is 11.6 Å². The number of hydrogen-bond acceptors (Lipinski definition) is 3. The average molecular weight is 335 g/mol. The topological polar surface area (TPSA) is 80.6 Å². The van der Waals surface area contributed by atoms with E-state index in [0.29, 0.717) is 22.9 Å². The molecule has 0 radical (unpaired) electrons. The van der Waals surface area contributed by atoms with Crippen LogP contribution in [0.25, 0.3) is 0 Å². The number of carbonyl (C=O) groups is 2. The van der Waals surface area contributed by atoms with Gasteiger partial charge in [-0.05, 0) is 29.3 Å². The molecule has 120 valence electrons. The Morgan fingerprint density at radius 3 is 2.83 bits per heavy atom. The number of rotatable bonds is 4. The summed E-state index contributed by atoms with van der Waals surface area (Å²) in [4.78, 5) is 23.9. The lowest BCUT2D eigenvalue weighted by molar-refractivity contribution is -0.139. The molecule has 1 aromatic heterocycles. The number of aryl methyl sites for hydroxylation is 1. The zero-order valence-electron chi connectivity index (χ0n) is 12.4. The van der Waals surface area contributed by atoms with Crippen molar-refractivity contribution in [1.82, 2.24) is 9.88 Å². The largest absolute Gasteiger partial charge is 0.493 e. The number of fused-ring (bicyclic) bond motifs is 1. The molecule has 23 heavy (non-hydrogen) atoms. The summed E-state index contributed by atoms with van der Waals surface area (Å²) in [6.07, 6.45) is 2.32. The first kappa shape index (κ1) is 15.4. The summed E-state index contributed by atoms with van der Waals surface area (Å²) in [7, 11) is 1.67. The Morgan fingerprint density at radius 1 is 1.39 bits per heavy atom. The number of halogens is 1. The predicted molar refractivity (Wildman–Crippen MR) is 83.9 cm³/mol. The number of ether oxygens (including phenoxy) is 1. The van der Waals surface area contributed by atoms with Gasteiger partial charge >= 0.3 is 5.97 Å². The average Bonchev–Trinajstić information content (AvgIpc) is 3.09. The highest BCUT2D eigenvalue weighted by molar-refractivity contribution is 6.31. The predicted octanol–water partition coefficient (Wildman–Crippen LogP) is 2.17. The van der Waals surface area contributed by atoms with Gasteiger partial charge in [0.2, 0.25) is 0 Å². The molecule has 0 spiro atoms. The maximum absolute atomic E-state index is 12.3. The van der Waals surface area contributed by atoms with Crippen LogP contribution >= 0.6 is 11.6 Å². The second-order valence-electron chi connectivity index (χ2n) is 5.36. The Hall–Kier alpha value is -2.47. The summed E-state index contributed by atoms with van der Waals surface area (Å²) in [6, 6.07) is 5.51. The number of nitrogens with one attached hydrogen (secondary N) is 1. The second kappa shape index (κ2) is 5.96. The Labute approximate surface area is 137 Å². The first-order valence-corrected chi connectivity index (χ1v) is 7.44. The highest BCUT2D eigenvalue weighted by atomic mass is 35.5. The molecule has 0 aliphatic carbocycles. The summed E-state index contributed by atoms with van der Waals surface area (Å²) in [5, 5.41) is 12.4. The van der Waals surface area contributed by atoms with E-state index in [0.717, 1.165) is 17.7 Å². The van der Waals surface area contributed by atoms with Crippen LogP contribution in [0, 0.1) is 0 Å². The van der Waals surface area contributed by atoms with E-state index in [9.17, 15) is 14.7 Å². The summed E-state index contributed by atoms with van der Waals surface area (Å²) in [5.41, 5.74) is 1.76. The third-order valence-electron chi connectivity index (χ3n) is 3.77. The summed E-state index contributed by atoms with van der Waals surface area (Å²) < 4.78 is 6.96. The van der Waals surface area contributed by atoms with Crippen LogP contribution < -0.4 is 10.1 Å². The van der Waals surface area contributed by atoms with Crippen molar-refractivity contribution in [3.63, 3.8) is 0 Å². The number of aromatic nitrogens is 1. The number of carbonyl (C=O) groups excluding carboxylic acids is 1. The fourth-order valence-corrected chi connectivity index (χ4v) is 2.88. The molecule has 1 atom stereocenters. The third-order valence-corrected chi connectivity index (χ3v) is 3.98. The third kappa shape index (κ3) is 3.03. The molecule has 1 aromatic carbocycles. The van der Waals surface area contributed by atoms with E-state index in [1.54, 1.807) is 36.0 Å². The lowest BCUT2D eigenvalue weighted by Gasteiger charge is -2.16. The molecule has 1 aliphatic heterocycles. The van der Waals surface area contributed by atoms with Gasteiger partial charge in [0, 0.05) is 19.7 Å². The Balaban J connectivity index is 1.86. The quantitative estimate of drug-likeness (QED) is 0.898. The van der Waals surface area contributed by atoms with Crippen molar-refractivity contribution >= 4 is 23.5 Å². The maximum atomic E-state index is 12.3. The van der Waals surface area contributed by atoms with Gasteiger partial charge in [0.15, 0.2) is 6.04 Å². The minimum atomic E-state index is -1.14. The lowest BCUT2D eigenvalue weighted by Crippen LogP contribution is -2.34. The van der Waals surface area contributed by atoms with Gasteiger partial charge in [-0.25, -0.2) is 4.79 Å². The number of carboxylic acids is 1. The van der Waals surface area contributed by atoms with Crippen LogP contribution in [-0.4, -0.2) is 28.2 Å². The molecular formula is C16H15ClN2O4. The number of nitrogens with zero attached hydrogens (tertiary/aromatic N) is 1. The van der Waals surface area contributed by atoms with Crippen molar-refractivity contribution in [3.8, 4) is 5.75 Å². The minimum Gasteiger partial charge on any atom is -0.493 e. The monoisotopic (exact) mass is 334 g/mol. The van der Waals surface area contributed by atoms with E-state index in [1.807, 2.05) is 0 Å². The van der Waals surface area contributed by atoms with Crippen molar-refractivity contribution in [2.24, 2.45) is 7.05 Å². The van der Waals surface area contributed by atoms with Crippen LogP contribution in [0.1, 0.15) is 27.7 Å². The van der Waals surface area contributed by atoms with Crippen LogP contribution in [0.2, 0.25) is 5.02 Å². The Bertz CT molecular complexity index is 784. The maximum Gasteiger partial charge on any atom is 0.330 e. The summed E-state index contributed by atoms with van der Waals surface area (Å²) >= 11 is 5.86. The molecule has 0 bridgehead atoms. The molecule has 1 amide bonds.